The quantitative estimate of drug-likeness (QED) is 0.755. The molecule has 4 nitrogen and oxygen atoms in total. The molecule has 0 bridgehead atoms. The van der Waals surface area contributed by atoms with Crippen LogP contribution < -0.4 is 4.74 Å². The molecule has 1 aromatic carbocycles. The molecule has 6 heteroatoms. The normalized spacial score (nSPS) is 11.8. The van der Waals surface area contributed by atoms with Gasteiger partial charge >= 0.3 is 0 Å². The van der Waals surface area contributed by atoms with Crippen molar-refractivity contribution in [3.05, 3.63) is 29.8 Å². The number of nitrogens with zero attached hydrogens (tertiary/aromatic N) is 1. The van der Waals surface area contributed by atoms with Crippen molar-refractivity contribution < 1.29 is 13.2 Å². The highest BCUT2D eigenvalue weighted by Crippen LogP contribution is 2.20. The van der Waals surface area contributed by atoms with Crippen molar-refractivity contribution in [1.29, 1.82) is 0 Å². The van der Waals surface area contributed by atoms with Crippen molar-refractivity contribution in [2.24, 2.45) is 0 Å². The van der Waals surface area contributed by atoms with Crippen LogP contribution in [0.15, 0.2) is 24.3 Å². The summed E-state index contributed by atoms with van der Waals surface area (Å²) in [7, 11) is -1.68. The molecule has 1 rings (SSSR count). The molecule has 0 aromatic heterocycles. The first-order valence-electron chi connectivity index (χ1n) is 5.22. The number of rotatable bonds is 6. The monoisotopic (exact) mass is 321 g/mol. The zero-order chi connectivity index (χ0) is 12.9. The standard InChI is InChI=1S/C11H16BrNO3S/c1-3-16-11-7-5-4-6-10(11)8-13(2)17(14,15)9-12/h4-7H,3,8-9H2,1-2H3. The van der Waals surface area contributed by atoms with Gasteiger partial charge in [0.25, 0.3) is 0 Å². The highest BCUT2D eigenvalue weighted by atomic mass is 79.9. The fraction of sp³-hybridized carbons (Fsp3) is 0.455. The van der Waals surface area contributed by atoms with Crippen LogP contribution in [0.25, 0.3) is 0 Å². The molecule has 17 heavy (non-hydrogen) atoms. The highest BCUT2D eigenvalue weighted by Gasteiger charge is 2.17. The summed E-state index contributed by atoms with van der Waals surface area (Å²) >= 11 is 2.97. The van der Waals surface area contributed by atoms with Gasteiger partial charge in [-0.1, -0.05) is 34.1 Å². The summed E-state index contributed by atoms with van der Waals surface area (Å²) in [5.41, 5.74) is 0.862. The van der Waals surface area contributed by atoms with Crippen LogP contribution in [-0.4, -0.2) is 31.0 Å². The van der Waals surface area contributed by atoms with Gasteiger partial charge in [0.1, 0.15) is 10.4 Å². The van der Waals surface area contributed by atoms with E-state index in [2.05, 4.69) is 15.9 Å². The number of benzene rings is 1. The molecule has 0 amide bonds. The lowest BCUT2D eigenvalue weighted by molar-refractivity contribution is 0.332. The van der Waals surface area contributed by atoms with Crippen LogP contribution in [0.5, 0.6) is 5.75 Å². The second-order valence-electron chi connectivity index (χ2n) is 3.52. The maximum Gasteiger partial charge on any atom is 0.224 e. The van der Waals surface area contributed by atoms with E-state index in [0.717, 1.165) is 11.3 Å². The molecule has 0 spiro atoms. The van der Waals surface area contributed by atoms with Gasteiger partial charge in [-0.3, -0.25) is 0 Å². The SMILES string of the molecule is CCOc1ccccc1CN(C)S(=O)(=O)CBr. The van der Waals surface area contributed by atoms with Crippen LogP contribution in [-0.2, 0) is 16.6 Å². The van der Waals surface area contributed by atoms with E-state index in [1.54, 1.807) is 7.05 Å². The van der Waals surface area contributed by atoms with Crippen LogP contribution in [0.3, 0.4) is 0 Å². The minimum absolute atomic E-state index is 0.0761. The van der Waals surface area contributed by atoms with Gasteiger partial charge in [0.2, 0.25) is 10.0 Å². The molecular formula is C11H16BrNO3S. The molecule has 0 heterocycles. The van der Waals surface area contributed by atoms with Crippen molar-refractivity contribution in [3.63, 3.8) is 0 Å². The van der Waals surface area contributed by atoms with Crippen molar-refractivity contribution in [1.82, 2.24) is 4.31 Å². The van der Waals surface area contributed by atoms with E-state index in [0.29, 0.717) is 13.2 Å². The number of sulfonamides is 1. The molecule has 0 unspecified atom stereocenters. The molecule has 0 aliphatic heterocycles. The van der Waals surface area contributed by atoms with E-state index in [1.165, 1.54) is 4.31 Å². The number of hydrogen-bond acceptors (Lipinski definition) is 3. The summed E-state index contributed by atoms with van der Waals surface area (Å²) in [6, 6.07) is 7.44. The Hall–Kier alpha value is -0.590. The average Bonchev–Trinajstić information content (AvgIpc) is 2.32. The zero-order valence-electron chi connectivity index (χ0n) is 9.89. The minimum Gasteiger partial charge on any atom is -0.494 e. The predicted octanol–water partition coefficient (Wildman–Crippen LogP) is 2.20. The summed E-state index contributed by atoms with van der Waals surface area (Å²) in [6.45, 7) is 2.77. The smallest absolute Gasteiger partial charge is 0.224 e. The Bertz CT molecular complexity index is 462. The van der Waals surface area contributed by atoms with E-state index in [1.807, 2.05) is 31.2 Å². The van der Waals surface area contributed by atoms with Gasteiger partial charge in [0, 0.05) is 19.2 Å². The van der Waals surface area contributed by atoms with E-state index >= 15 is 0 Å². The third-order valence-electron chi connectivity index (χ3n) is 2.28. The number of halogens is 1. The van der Waals surface area contributed by atoms with Crippen molar-refractivity contribution in [2.45, 2.75) is 13.5 Å². The van der Waals surface area contributed by atoms with Crippen LogP contribution in [0, 0.1) is 0 Å². The van der Waals surface area contributed by atoms with Gasteiger partial charge in [0.05, 0.1) is 6.61 Å². The molecule has 0 N–H and O–H groups in total. The molecule has 0 fully saturated rings. The molecule has 0 saturated heterocycles. The molecule has 0 saturated carbocycles. The van der Waals surface area contributed by atoms with Crippen molar-refractivity contribution in [3.8, 4) is 5.75 Å². The molecule has 1 aromatic rings. The van der Waals surface area contributed by atoms with E-state index in [4.69, 9.17) is 4.74 Å². The molecule has 96 valence electrons. The summed E-state index contributed by atoms with van der Waals surface area (Å²) in [5, 5.41) is 0. The molecule has 0 radical (unpaired) electrons. The Morgan fingerprint density at radius 3 is 2.59 bits per heavy atom. The summed E-state index contributed by atoms with van der Waals surface area (Å²) in [5.74, 6) is 0.728. The van der Waals surface area contributed by atoms with E-state index < -0.39 is 10.0 Å². The molecule has 0 aliphatic carbocycles. The largest absolute Gasteiger partial charge is 0.494 e. The fourth-order valence-corrected chi connectivity index (χ4v) is 2.90. The van der Waals surface area contributed by atoms with Crippen molar-refractivity contribution in [2.75, 3.05) is 18.3 Å². The average molecular weight is 322 g/mol. The Morgan fingerprint density at radius 2 is 2.00 bits per heavy atom. The maximum atomic E-state index is 11.6. The number of hydrogen-bond donors (Lipinski definition) is 0. The molecule has 0 atom stereocenters. The lowest BCUT2D eigenvalue weighted by Gasteiger charge is -2.17. The van der Waals surface area contributed by atoms with Gasteiger partial charge in [0.15, 0.2) is 0 Å². The second kappa shape index (κ2) is 6.37. The molecular weight excluding hydrogens is 306 g/mol. The Kier molecular flexibility index (Phi) is 5.42. The first-order valence-corrected chi connectivity index (χ1v) is 7.95. The first-order chi connectivity index (χ1) is 8.01. The maximum absolute atomic E-state index is 11.6. The lowest BCUT2D eigenvalue weighted by Crippen LogP contribution is -2.27. The van der Waals surface area contributed by atoms with Gasteiger partial charge in [-0.15, -0.1) is 0 Å². The topological polar surface area (TPSA) is 46.6 Å². The van der Waals surface area contributed by atoms with Crippen LogP contribution in [0.1, 0.15) is 12.5 Å². The summed E-state index contributed by atoms with van der Waals surface area (Å²) in [6.07, 6.45) is 0. The minimum atomic E-state index is -3.23. The summed E-state index contributed by atoms with van der Waals surface area (Å²) < 4.78 is 29.9. The third kappa shape index (κ3) is 3.97. The van der Waals surface area contributed by atoms with Crippen LogP contribution in [0.4, 0.5) is 0 Å². The van der Waals surface area contributed by atoms with Gasteiger partial charge in [-0.25, -0.2) is 8.42 Å². The van der Waals surface area contributed by atoms with Gasteiger partial charge in [-0.2, -0.15) is 4.31 Å². The van der Waals surface area contributed by atoms with Gasteiger partial charge in [-0.05, 0) is 13.0 Å². The Balaban J connectivity index is 2.88. The van der Waals surface area contributed by atoms with E-state index in [-0.39, 0.29) is 4.66 Å². The van der Waals surface area contributed by atoms with Gasteiger partial charge < -0.3 is 4.74 Å². The van der Waals surface area contributed by atoms with E-state index in [9.17, 15) is 8.42 Å². The molecule has 0 aliphatic rings. The third-order valence-corrected chi connectivity index (χ3v) is 5.37. The Labute approximate surface area is 111 Å². The number of para-hydroxylation sites is 1. The zero-order valence-corrected chi connectivity index (χ0v) is 12.3. The number of ether oxygens (including phenoxy) is 1. The predicted molar refractivity (Wildman–Crippen MR) is 71.8 cm³/mol. The first kappa shape index (κ1) is 14.5. The van der Waals surface area contributed by atoms with Crippen LogP contribution in [0.2, 0.25) is 0 Å². The Morgan fingerprint density at radius 1 is 1.35 bits per heavy atom. The second-order valence-corrected chi connectivity index (χ2v) is 6.90. The summed E-state index contributed by atoms with van der Waals surface area (Å²) in [4.78, 5) is 0. The highest BCUT2D eigenvalue weighted by molar-refractivity contribution is 9.10. The fourth-order valence-electron chi connectivity index (χ4n) is 1.35. The van der Waals surface area contributed by atoms with Crippen LogP contribution >= 0.6 is 15.9 Å². The van der Waals surface area contributed by atoms with Crippen molar-refractivity contribution >= 4 is 26.0 Å². The lowest BCUT2D eigenvalue weighted by atomic mass is 10.2. The number of alkyl halides is 1.